The maximum atomic E-state index is 12.9. The highest BCUT2D eigenvalue weighted by atomic mass is 16.5. The molecule has 2 aromatic carbocycles. The maximum Gasteiger partial charge on any atom is 0.243 e. The molecule has 34 heavy (non-hydrogen) atoms. The number of nitrogens with one attached hydrogen (secondary N) is 1. The summed E-state index contributed by atoms with van der Waals surface area (Å²) < 4.78 is 10.8. The minimum atomic E-state index is -0.00918. The van der Waals surface area contributed by atoms with E-state index in [2.05, 4.69) is 19.2 Å². The van der Waals surface area contributed by atoms with E-state index >= 15 is 0 Å². The Balaban J connectivity index is 1.80. The van der Waals surface area contributed by atoms with Gasteiger partial charge < -0.3 is 14.8 Å². The number of carbonyl (C=O) groups excluding carboxylic acids is 2. The molecule has 3 rings (SSSR count). The van der Waals surface area contributed by atoms with Crippen LogP contribution in [0.15, 0.2) is 47.6 Å². The minimum Gasteiger partial charge on any atom is -0.493 e. The Labute approximate surface area is 202 Å². The van der Waals surface area contributed by atoms with Gasteiger partial charge in [0.15, 0.2) is 11.5 Å². The van der Waals surface area contributed by atoms with E-state index in [0.717, 1.165) is 48.2 Å². The molecule has 0 bridgehead atoms. The fraction of sp³-hybridized carbons (Fsp3) is 0.444. The number of hydrogen-bond donors (Lipinski definition) is 1. The fourth-order valence-corrected chi connectivity index (χ4v) is 4.11. The number of hydrogen-bond acceptors (Lipinski definition) is 5. The highest BCUT2D eigenvalue weighted by molar-refractivity contribution is 6.06. The third kappa shape index (κ3) is 6.37. The third-order valence-electron chi connectivity index (χ3n) is 6.05. The first kappa shape index (κ1) is 25.3. The van der Waals surface area contributed by atoms with Gasteiger partial charge in [-0.05, 0) is 48.7 Å². The molecule has 2 amide bonds. The second-order valence-electron chi connectivity index (χ2n) is 8.52. The largest absolute Gasteiger partial charge is 0.493 e. The van der Waals surface area contributed by atoms with Crippen molar-refractivity contribution in [2.45, 2.75) is 58.9 Å². The lowest BCUT2D eigenvalue weighted by Gasteiger charge is -2.29. The van der Waals surface area contributed by atoms with Crippen LogP contribution in [-0.4, -0.2) is 36.8 Å². The Morgan fingerprint density at radius 3 is 2.59 bits per heavy atom. The molecular formula is C27H35N3O4. The summed E-state index contributed by atoms with van der Waals surface area (Å²) in [4.78, 5) is 25.1. The first-order valence-electron chi connectivity index (χ1n) is 12.0. The van der Waals surface area contributed by atoms with Crippen molar-refractivity contribution in [2.24, 2.45) is 11.0 Å². The number of ether oxygens (including phenoxy) is 2. The smallest absolute Gasteiger partial charge is 0.243 e. The van der Waals surface area contributed by atoms with Gasteiger partial charge in [-0.3, -0.25) is 9.59 Å². The Morgan fingerprint density at radius 1 is 1.09 bits per heavy atom. The van der Waals surface area contributed by atoms with E-state index in [0.29, 0.717) is 30.9 Å². The number of hydrazone groups is 1. The first-order valence-corrected chi connectivity index (χ1v) is 12.0. The molecule has 0 aliphatic carbocycles. The fourth-order valence-electron chi connectivity index (χ4n) is 4.11. The van der Waals surface area contributed by atoms with Gasteiger partial charge in [0.2, 0.25) is 11.8 Å². The summed E-state index contributed by atoms with van der Waals surface area (Å²) in [5.74, 6) is 1.32. The van der Waals surface area contributed by atoms with Crippen molar-refractivity contribution >= 4 is 23.2 Å². The molecule has 1 heterocycles. The van der Waals surface area contributed by atoms with E-state index in [-0.39, 0.29) is 17.7 Å². The zero-order valence-corrected chi connectivity index (χ0v) is 20.6. The monoisotopic (exact) mass is 465 g/mol. The molecule has 182 valence electrons. The number of rotatable bonds is 11. The Hall–Kier alpha value is -3.35. The molecule has 1 unspecified atom stereocenters. The second kappa shape index (κ2) is 12.2. The molecule has 7 nitrogen and oxygen atoms in total. The number of carbonyl (C=O) groups is 2. The van der Waals surface area contributed by atoms with Crippen molar-refractivity contribution in [1.82, 2.24) is 5.01 Å². The predicted octanol–water partition coefficient (Wildman–Crippen LogP) is 5.39. The van der Waals surface area contributed by atoms with Crippen molar-refractivity contribution in [1.29, 1.82) is 0 Å². The lowest BCUT2D eigenvalue weighted by atomic mass is 9.89. The van der Waals surface area contributed by atoms with Gasteiger partial charge in [0, 0.05) is 30.0 Å². The molecule has 0 aromatic heterocycles. The maximum absolute atomic E-state index is 12.9. The highest BCUT2D eigenvalue weighted by Gasteiger charge is 2.29. The SMILES string of the molecule is CCCCCC(=O)Nc1cccc(CN2N=C(c3ccc(OC)c(OC)c3)C(CC)CC2=O)c1. The molecule has 7 heteroatoms. The van der Waals surface area contributed by atoms with Gasteiger partial charge in [-0.1, -0.05) is 38.8 Å². The summed E-state index contributed by atoms with van der Waals surface area (Å²) in [5, 5.41) is 9.26. The summed E-state index contributed by atoms with van der Waals surface area (Å²) in [6.07, 6.45) is 4.74. The van der Waals surface area contributed by atoms with E-state index in [1.165, 1.54) is 5.01 Å². The van der Waals surface area contributed by atoms with Crippen LogP contribution in [0.25, 0.3) is 0 Å². The second-order valence-corrected chi connectivity index (χ2v) is 8.52. The standard InChI is InChI=1S/C27H35N3O4/c1-5-7-8-12-25(31)28-22-11-9-10-19(15-22)18-30-26(32)17-20(6-2)27(29-30)21-13-14-23(33-3)24(16-21)34-4/h9-11,13-16,20H,5-8,12,17-18H2,1-4H3,(H,28,31). The van der Waals surface area contributed by atoms with E-state index in [1.54, 1.807) is 14.2 Å². The molecule has 0 radical (unpaired) electrons. The van der Waals surface area contributed by atoms with E-state index < -0.39 is 0 Å². The number of amides is 2. The van der Waals surface area contributed by atoms with Crippen molar-refractivity contribution in [3.63, 3.8) is 0 Å². The average molecular weight is 466 g/mol. The van der Waals surface area contributed by atoms with Gasteiger partial charge in [0.25, 0.3) is 0 Å². The van der Waals surface area contributed by atoms with Gasteiger partial charge in [-0.15, -0.1) is 0 Å². The Kier molecular flexibility index (Phi) is 9.08. The van der Waals surface area contributed by atoms with E-state index in [4.69, 9.17) is 14.6 Å². The highest BCUT2D eigenvalue weighted by Crippen LogP contribution is 2.31. The zero-order chi connectivity index (χ0) is 24.5. The summed E-state index contributed by atoms with van der Waals surface area (Å²) >= 11 is 0. The molecule has 2 aromatic rings. The molecular weight excluding hydrogens is 430 g/mol. The van der Waals surface area contributed by atoms with Crippen LogP contribution >= 0.6 is 0 Å². The average Bonchev–Trinajstić information content (AvgIpc) is 2.85. The van der Waals surface area contributed by atoms with Crippen molar-refractivity contribution in [2.75, 3.05) is 19.5 Å². The van der Waals surface area contributed by atoms with Crippen molar-refractivity contribution in [3.05, 3.63) is 53.6 Å². The van der Waals surface area contributed by atoms with E-state index in [9.17, 15) is 9.59 Å². The lowest BCUT2D eigenvalue weighted by Crippen LogP contribution is -2.36. The van der Waals surface area contributed by atoms with Gasteiger partial charge in [0.1, 0.15) is 0 Å². The molecule has 1 aliphatic heterocycles. The van der Waals surface area contributed by atoms with E-state index in [1.807, 2.05) is 42.5 Å². The van der Waals surface area contributed by atoms with Gasteiger partial charge in [-0.2, -0.15) is 5.10 Å². The van der Waals surface area contributed by atoms with Crippen molar-refractivity contribution in [3.8, 4) is 11.5 Å². The Morgan fingerprint density at radius 2 is 1.88 bits per heavy atom. The van der Waals surface area contributed by atoms with Gasteiger partial charge in [-0.25, -0.2) is 5.01 Å². The molecule has 1 atom stereocenters. The predicted molar refractivity (Wildman–Crippen MR) is 134 cm³/mol. The molecule has 0 saturated heterocycles. The number of benzene rings is 2. The van der Waals surface area contributed by atoms with Crippen LogP contribution in [-0.2, 0) is 16.1 Å². The van der Waals surface area contributed by atoms with Gasteiger partial charge >= 0.3 is 0 Å². The zero-order valence-electron chi connectivity index (χ0n) is 20.6. The van der Waals surface area contributed by atoms with Crippen molar-refractivity contribution < 1.29 is 19.1 Å². The van der Waals surface area contributed by atoms with Crippen LogP contribution in [0.1, 0.15) is 63.5 Å². The normalized spacial score (nSPS) is 15.6. The third-order valence-corrected chi connectivity index (χ3v) is 6.05. The summed E-state index contributed by atoms with van der Waals surface area (Å²) in [6, 6.07) is 13.3. The van der Waals surface area contributed by atoms with Crippen LogP contribution < -0.4 is 14.8 Å². The first-order chi connectivity index (χ1) is 16.5. The van der Waals surface area contributed by atoms with Gasteiger partial charge in [0.05, 0.1) is 26.5 Å². The number of unbranched alkanes of at least 4 members (excludes halogenated alkanes) is 2. The Bertz CT molecular complexity index is 1030. The summed E-state index contributed by atoms with van der Waals surface area (Å²) in [6.45, 7) is 4.52. The van der Waals surface area contributed by atoms with Crippen LogP contribution in [0.5, 0.6) is 11.5 Å². The van der Waals surface area contributed by atoms with Crippen LogP contribution in [0.3, 0.4) is 0 Å². The minimum absolute atomic E-state index is 0.00918. The molecule has 0 fully saturated rings. The summed E-state index contributed by atoms with van der Waals surface area (Å²) in [5.41, 5.74) is 3.42. The quantitative estimate of drug-likeness (QED) is 0.452. The summed E-state index contributed by atoms with van der Waals surface area (Å²) in [7, 11) is 3.21. The topological polar surface area (TPSA) is 80.2 Å². The molecule has 0 saturated carbocycles. The number of anilines is 1. The number of nitrogens with zero attached hydrogens (tertiary/aromatic N) is 2. The van der Waals surface area contributed by atoms with Crippen LogP contribution in [0.2, 0.25) is 0 Å². The lowest BCUT2D eigenvalue weighted by molar-refractivity contribution is -0.133. The number of methoxy groups -OCH3 is 2. The van der Waals surface area contributed by atoms with Crippen LogP contribution in [0, 0.1) is 5.92 Å². The molecule has 1 N–H and O–H groups in total. The molecule has 0 spiro atoms. The van der Waals surface area contributed by atoms with Crippen LogP contribution in [0.4, 0.5) is 5.69 Å². The molecule has 1 aliphatic rings.